The van der Waals surface area contributed by atoms with Crippen molar-refractivity contribution in [1.82, 2.24) is 10.2 Å². The highest BCUT2D eigenvalue weighted by Crippen LogP contribution is 2.14. The summed E-state index contributed by atoms with van der Waals surface area (Å²) < 4.78 is 0. The number of hydrogen-bond acceptors (Lipinski definition) is 3. The topological polar surface area (TPSA) is 44.4 Å². The van der Waals surface area contributed by atoms with E-state index in [9.17, 15) is 4.79 Å². The van der Waals surface area contributed by atoms with Gasteiger partial charge >= 0.3 is 0 Å². The Kier molecular flexibility index (Phi) is 5.83. The number of likely N-dealkylation sites (N-methyl/N-ethyl adjacent to an activating group) is 1. The molecule has 1 atom stereocenters. The van der Waals surface area contributed by atoms with E-state index in [1.54, 1.807) is 0 Å². The number of carbonyl (C=O) groups is 1. The zero-order valence-electron chi connectivity index (χ0n) is 12.5. The summed E-state index contributed by atoms with van der Waals surface area (Å²) in [4.78, 5) is 14.4. The van der Waals surface area contributed by atoms with Crippen LogP contribution < -0.4 is 10.6 Å². The van der Waals surface area contributed by atoms with Crippen molar-refractivity contribution in [3.63, 3.8) is 0 Å². The molecule has 4 nitrogen and oxygen atoms in total. The summed E-state index contributed by atoms with van der Waals surface area (Å²) >= 11 is 0. The fourth-order valence-electron chi connectivity index (χ4n) is 2.21. The van der Waals surface area contributed by atoms with E-state index in [0.717, 1.165) is 5.69 Å². The quantitative estimate of drug-likeness (QED) is 0.825. The average molecular weight is 263 g/mol. The molecule has 0 aliphatic carbocycles. The van der Waals surface area contributed by atoms with Crippen LogP contribution in [0.4, 0.5) is 5.69 Å². The fraction of sp³-hybridized carbons (Fsp3) is 0.533. The number of hydrogen-bond donors (Lipinski definition) is 2. The maximum atomic E-state index is 12.2. The first-order valence-electron chi connectivity index (χ1n) is 6.68. The third kappa shape index (κ3) is 4.24. The Hall–Kier alpha value is -1.55. The fourth-order valence-corrected chi connectivity index (χ4v) is 2.21. The number of carbonyl (C=O) groups excluding carboxylic acids is 1. The second kappa shape index (κ2) is 7.14. The van der Waals surface area contributed by atoms with E-state index >= 15 is 0 Å². The van der Waals surface area contributed by atoms with Gasteiger partial charge in [0.05, 0.1) is 5.56 Å². The Balaban J connectivity index is 2.69. The normalized spacial score (nSPS) is 12.6. The molecule has 0 saturated carbocycles. The molecule has 1 amide bonds. The van der Waals surface area contributed by atoms with Gasteiger partial charge in [-0.1, -0.05) is 26.0 Å². The molecule has 0 radical (unpaired) electrons. The van der Waals surface area contributed by atoms with Crippen molar-refractivity contribution in [2.24, 2.45) is 5.92 Å². The maximum Gasteiger partial charge on any atom is 0.253 e. The molecule has 1 aromatic rings. The minimum Gasteiger partial charge on any atom is -0.387 e. The second-order valence-electron chi connectivity index (χ2n) is 5.28. The van der Waals surface area contributed by atoms with Crippen LogP contribution in [-0.4, -0.2) is 44.5 Å². The van der Waals surface area contributed by atoms with E-state index < -0.39 is 0 Å². The Bertz CT molecular complexity index is 408. The number of amides is 1. The van der Waals surface area contributed by atoms with Gasteiger partial charge < -0.3 is 15.5 Å². The maximum absolute atomic E-state index is 12.2. The molecule has 0 bridgehead atoms. The van der Waals surface area contributed by atoms with Crippen LogP contribution in [0.3, 0.4) is 0 Å². The summed E-state index contributed by atoms with van der Waals surface area (Å²) in [5.41, 5.74) is 1.54. The standard InChI is InChI=1S/C15H25N3O/c1-11(2)14(18(4)5)10-17-15(19)12-8-6-7-9-13(12)16-3/h6-9,11,14,16H,10H2,1-5H3,(H,17,19). The van der Waals surface area contributed by atoms with Crippen molar-refractivity contribution in [1.29, 1.82) is 0 Å². The highest BCUT2D eigenvalue weighted by molar-refractivity contribution is 5.99. The van der Waals surface area contributed by atoms with Crippen molar-refractivity contribution < 1.29 is 4.79 Å². The van der Waals surface area contributed by atoms with Gasteiger partial charge in [-0.3, -0.25) is 4.79 Å². The lowest BCUT2D eigenvalue weighted by molar-refractivity contribution is 0.0935. The molecule has 19 heavy (non-hydrogen) atoms. The van der Waals surface area contributed by atoms with Gasteiger partial charge in [0.2, 0.25) is 0 Å². The molecule has 0 spiro atoms. The molecule has 0 fully saturated rings. The SMILES string of the molecule is CNc1ccccc1C(=O)NCC(C(C)C)N(C)C. The van der Waals surface area contributed by atoms with Crippen molar-refractivity contribution in [3.05, 3.63) is 29.8 Å². The molecule has 4 heteroatoms. The van der Waals surface area contributed by atoms with E-state index in [-0.39, 0.29) is 5.91 Å². The molecule has 0 aliphatic rings. The van der Waals surface area contributed by atoms with Gasteiger partial charge in [0.25, 0.3) is 5.91 Å². The monoisotopic (exact) mass is 263 g/mol. The zero-order chi connectivity index (χ0) is 14.4. The van der Waals surface area contributed by atoms with Crippen LogP contribution in [0.2, 0.25) is 0 Å². The van der Waals surface area contributed by atoms with Crippen LogP contribution >= 0.6 is 0 Å². The average Bonchev–Trinajstić information content (AvgIpc) is 2.37. The van der Waals surface area contributed by atoms with Gasteiger partial charge in [-0.2, -0.15) is 0 Å². The molecule has 2 N–H and O–H groups in total. The molecule has 0 heterocycles. The molecule has 0 saturated heterocycles. The number of rotatable bonds is 6. The largest absolute Gasteiger partial charge is 0.387 e. The van der Waals surface area contributed by atoms with E-state index in [2.05, 4.69) is 29.4 Å². The number of benzene rings is 1. The van der Waals surface area contributed by atoms with E-state index in [1.165, 1.54) is 0 Å². The third-order valence-corrected chi connectivity index (χ3v) is 3.35. The Morgan fingerprint density at radius 3 is 2.42 bits per heavy atom. The first kappa shape index (κ1) is 15.5. The van der Waals surface area contributed by atoms with Crippen LogP contribution in [0.25, 0.3) is 0 Å². The molecule has 0 aromatic heterocycles. The van der Waals surface area contributed by atoms with E-state index in [1.807, 2.05) is 45.4 Å². The second-order valence-corrected chi connectivity index (χ2v) is 5.28. The highest BCUT2D eigenvalue weighted by Gasteiger charge is 2.17. The summed E-state index contributed by atoms with van der Waals surface area (Å²) in [6.45, 7) is 4.98. The summed E-state index contributed by atoms with van der Waals surface area (Å²) in [5, 5.41) is 6.05. The number of nitrogens with one attached hydrogen (secondary N) is 2. The van der Waals surface area contributed by atoms with Gasteiger partial charge in [0, 0.05) is 25.3 Å². The smallest absolute Gasteiger partial charge is 0.253 e. The van der Waals surface area contributed by atoms with Gasteiger partial charge in [-0.05, 0) is 32.1 Å². The van der Waals surface area contributed by atoms with Crippen LogP contribution in [0.1, 0.15) is 24.2 Å². The van der Waals surface area contributed by atoms with E-state index in [4.69, 9.17) is 0 Å². The highest BCUT2D eigenvalue weighted by atomic mass is 16.1. The van der Waals surface area contributed by atoms with Crippen LogP contribution in [0, 0.1) is 5.92 Å². The molecule has 1 rings (SSSR count). The Morgan fingerprint density at radius 1 is 1.26 bits per heavy atom. The molecule has 0 aliphatic heterocycles. The Labute approximate surface area is 116 Å². The van der Waals surface area contributed by atoms with E-state index in [0.29, 0.717) is 24.1 Å². The lowest BCUT2D eigenvalue weighted by Crippen LogP contribution is -2.43. The predicted octanol–water partition coefficient (Wildman–Crippen LogP) is 2.04. The number of para-hydroxylation sites is 1. The van der Waals surface area contributed by atoms with Gasteiger partial charge in [0.1, 0.15) is 0 Å². The van der Waals surface area contributed by atoms with Gasteiger partial charge in [-0.25, -0.2) is 0 Å². The lowest BCUT2D eigenvalue weighted by Gasteiger charge is -2.28. The van der Waals surface area contributed by atoms with Crippen LogP contribution in [-0.2, 0) is 0 Å². The molecular formula is C15H25N3O. The summed E-state index contributed by atoms with van der Waals surface area (Å²) in [6, 6.07) is 7.87. The predicted molar refractivity (Wildman–Crippen MR) is 80.6 cm³/mol. The van der Waals surface area contributed by atoms with Crippen LogP contribution in [0.15, 0.2) is 24.3 Å². The first-order chi connectivity index (χ1) is 8.97. The van der Waals surface area contributed by atoms with Crippen molar-refractivity contribution in [2.45, 2.75) is 19.9 Å². The molecule has 106 valence electrons. The van der Waals surface area contributed by atoms with Crippen molar-refractivity contribution in [3.8, 4) is 0 Å². The first-order valence-corrected chi connectivity index (χ1v) is 6.68. The van der Waals surface area contributed by atoms with Crippen molar-refractivity contribution >= 4 is 11.6 Å². The number of anilines is 1. The summed E-state index contributed by atoms with van der Waals surface area (Å²) in [7, 11) is 5.90. The minimum atomic E-state index is -0.0301. The van der Waals surface area contributed by atoms with Crippen molar-refractivity contribution in [2.75, 3.05) is 33.0 Å². The number of nitrogens with zero attached hydrogens (tertiary/aromatic N) is 1. The third-order valence-electron chi connectivity index (χ3n) is 3.35. The van der Waals surface area contributed by atoms with Gasteiger partial charge in [0.15, 0.2) is 0 Å². The summed E-state index contributed by atoms with van der Waals surface area (Å²) in [6.07, 6.45) is 0. The molecule has 1 unspecified atom stereocenters. The lowest BCUT2D eigenvalue weighted by atomic mass is 10.0. The zero-order valence-corrected chi connectivity index (χ0v) is 12.5. The van der Waals surface area contributed by atoms with Crippen LogP contribution in [0.5, 0.6) is 0 Å². The molecular weight excluding hydrogens is 238 g/mol. The van der Waals surface area contributed by atoms with Gasteiger partial charge in [-0.15, -0.1) is 0 Å². The molecule has 1 aromatic carbocycles. The minimum absolute atomic E-state index is 0.0301. The Morgan fingerprint density at radius 2 is 1.89 bits per heavy atom. The summed E-state index contributed by atoms with van der Waals surface area (Å²) in [5.74, 6) is 0.465.